The minimum absolute atomic E-state index is 0.575. The highest BCUT2D eigenvalue weighted by molar-refractivity contribution is 7.89. The molecule has 0 saturated carbocycles. The molecule has 18 heavy (non-hydrogen) atoms. The summed E-state index contributed by atoms with van der Waals surface area (Å²) >= 11 is 0. The van der Waals surface area contributed by atoms with E-state index in [4.69, 9.17) is 5.26 Å². The van der Waals surface area contributed by atoms with Gasteiger partial charge in [0.25, 0.3) is 5.56 Å². The Bertz CT molecular complexity index is 722. The zero-order valence-electron chi connectivity index (χ0n) is 10.0. The van der Waals surface area contributed by atoms with Crippen LogP contribution in [0.3, 0.4) is 0 Å². The van der Waals surface area contributed by atoms with Gasteiger partial charge in [0.1, 0.15) is 6.04 Å². The van der Waals surface area contributed by atoms with Crippen LogP contribution in [0.4, 0.5) is 0 Å². The third kappa shape index (κ3) is 2.49. The van der Waals surface area contributed by atoms with E-state index in [9.17, 15) is 18.0 Å². The molecule has 0 saturated heterocycles. The Morgan fingerprint density at radius 1 is 1.39 bits per heavy atom. The highest BCUT2D eigenvalue weighted by atomic mass is 32.2. The predicted octanol–water partition coefficient (Wildman–Crippen LogP) is -1.73. The fourth-order valence-electron chi connectivity index (χ4n) is 1.28. The van der Waals surface area contributed by atoms with E-state index >= 15 is 0 Å². The number of aromatic nitrogens is 2. The number of hydrogen-bond acceptors (Lipinski definition) is 5. The SMILES string of the molecule is CC(C#N)NS(=O)(=O)c1cn(C)c(=O)n(C)c1=O. The van der Waals surface area contributed by atoms with Crippen molar-refractivity contribution in [1.29, 1.82) is 5.26 Å². The fraction of sp³-hybridized carbons (Fsp3) is 0.444. The van der Waals surface area contributed by atoms with E-state index in [1.54, 1.807) is 6.07 Å². The van der Waals surface area contributed by atoms with Crippen molar-refractivity contribution in [2.75, 3.05) is 0 Å². The maximum atomic E-state index is 11.8. The van der Waals surface area contributed by atoms with Crippen LogP contribution in [0.15, 0.2) is 20.7 Å². The summed E-state index contributed by atoms with van der Waals surface area (Å²) in [6, 6.07) is 0.708. The number of rotatable bonds is 3. The van der Waals surface area contributed by atoms with Crippen molar-refractivity contribution in [3.63, 3.8) is 0 Å². The van der Waals surface area contributed by atoms with Gasteiger partial charge in [0.2, 0.25) is 10.0 Å². The van der Waals surface area contributed by atoms with Crippen molar-refractivity contribution < 1.29 is 8.42 Å². The van der Waals surface area contributed by atoms with Gasteiger partial charge >= 0.3 is 5.69 Å². The summed E-state index contributed by atoms with van der Waals surface area (Å²) < 4.78 is 27.4. The Labute approximate surface area is 103 Å². The van der Waals surface area contributed by atoms with Gasteiger partial charge in [-0.1, -0.05) is 0 Å². The molecule has 8 nitrogen and oxygen atoms in total. The molecule has 0 aliphatic rings. The highest BCUT2D eigenvalue weighted by Crippen LogP contribution is 2.00. The topological polar surface area (TPSA) is 114 Å². The normalized spacial score (nSPS) is 13.0. The lowest BCUT2D eigenvalue weighted by molar-refractivity contribution is 0.567. The van der Waals surface area contributed by atoms with E-state index in [1.807, 2.05) is 4.72 Å². The van der Waals surface area contributed by atoms with Crippen molar-refractivity contribution in [3.8, 4) is 6.07 Å². The second kappa shape index (κ2) is 4.75. The third-order valence-electron chi connectivity index (χ3n) is 2.23. The summed E-state index contributed by atoms with van der Waals surface area (Å²) in [6.45, 7) is 1.34. The first-order chi connectivity index (χ1) is 8.20. The zero-order valence-corrected chi connectivity index (χ0v) is 10.9. The molecule has 0 aromatic carbocycles. The molecule has 98 valence electrons. The fourth-order valence-corrected chi connectivity index (χ4v) is 2.59. The Kier molecular flexibility index (Phi) is 3.73. The summed E-state index contributed by atoms with van der Waals surface area (Å²) in [5, 5.41) is 8.55. The van der Waals surface area contributed by atoms with Crippen LogP contribution in [0, 0.1) is 11.3 Å². The second-order valence-corrected chi connectivity index (χ2v) is 5.41. The molecule has 0 spiro atoms. The quantitative estimate of drug-likeness (QED) is 0.702. The molecule has 0 bridgehead atoms. The third-order valence-corrected chi connectivity index (χ3v) is 3.75. The number of aryl methyl sites for hydroxylation is 1. The van der Waals surface area contributed by atoms with E-state index in [2.05, 4.69) is 0 Å². The first-order valence-corrected chi connectivity index (χ1v) is 6.37. The first kappa shape index (κ1) is 14.1. The maximum absolute atomic E-state index is 11.8. The summed E-state index contributed by atoms with van der Waals surface area (Å²) in [5.41, 5.74) is -1.57. The Morgan fingerprint density at radius 3 is 2.44 bits per heavy atom. The molecule has 1 N–H and O–H groups in total. The zero-order chi connectivity index (χ0) is 14.1. The molecular formula is C9H12N4O4S. The lowest BCUT2D eigenvalue weighted by Crippen LogP contribution is -2.42. The van der Waals surface area contributed by atoms with Crippen molar-refractivity contribution in [2.45, 2.75) is 17.9 Å². The van der Waals surface area contributed by atoms with Crippen molar-refractivity contribution >= 4 is 10.0 Å². The number of nitriles is 1. The smallest absolute Gasteiger partial charge is 0.302 e. The molecule has 0 fully saturated rings. The van der Waals surface area contributed by atoms with E-state index in [-0.39, 0.29) is 0 Å². The Morgan fingerprint density at radius 2 is 1.94 bits per heavy atom. The van der Waals surface area contributed by atoms with Crippen LogP contribution in [-0.2, 0) is 24.1 Å². The molecule has 1 atom stereocenters. The standard InChI is InChI=1S/C9H12N4O4S/c1-6(4-10)11-18(16,17)7-5-12(2)9(15)13(3)8(7)14/h5-6,11H,1-3H3. The van der Waals surface area contributed by atoms with Gasteiger partial charge in [-0.3, -0.25) is 9.36 Å². The molecule has 0 amide bonds. The van der Waals surface area contributed by atoms with E-state index in [0.717, 1.165) is 10.8 Å². The van der Waals surface area contributed by atoms with Gasteiger partial charge in [-0.25, -0.2) is 13.2 Å². The summed E-state index contributed by atoms with van der Waals surface area (Å²) in [6.07, 6.45) is 0.928. The number of nitrogens with zero attached hydrogens (tertiary/aromatic N) is 3. The van der Waals surface area contributed by atoms with Gasteiger partial charge in [-0.2, -0.15) is 9.98 Å². The largest absolute Gasteiger partial charge is 0.330 e. The van der Waals surface area contributed by atoms with Gasteiger partial charge in [-0.05, 0) is 6.92 Å². The van der Waals surface area contributed by atoms with Crippen LogP contribution in [0.25, 0.3) is 0 Å². The maximum Gasteiger partial charge on any atom is 0.330 e. The summed E-state index contributed by atoms with van der Waals surface area (Å²) in [5.74, 6) is 0. The summed E-state index contributed by atoms with van der Waals surface area (Å²) in [7, 11) is -1.62. The van der Waals surface area contributed by atoms with Crippen molar-refractivity contribution in [2.24, 2.45) is 14.1 Å². The Hall–Kier alpha value is -1.92. The lowest BCUT2D eigenvalue weighted by atomic mass is 10.4. The van der Waals surface area contributed by atoms with Gasteiger partial charge in [0, 0.05) is 20.3 Å². The molecule has 9 heteroatoms. The Balaban J connectivity index is 3.50. The highest BCUT2D eigenvalue weighted by Gasteiger charge is 2.23. The average Bonchev–Trinajstić information content (AvgIpc) is 2.30. The van der Waals surface area contributed by atoms with E-state index in [1.165, 1.54) is 21.0 Å². The van der Waals surface area contributed by atoms with Crippen LogP contribution >= 0.6 is 0 Å². The molecule has 0 aliphatic heterocycles. The van der Waals surface area contributed by atoms with Gasteiger partial charge in [-0.15, -0.1) is 0 Å². The van der Waals surface area contributed by atoms with Crippen LogP contribution in [0.5, 0.6) is 0 Å². The molecule has 1 rings (SSSR count). The minimum Gasteiger partial charge on any atom is -0.302 e. The molecule has 1 aromatic heterocycles. The van der Waals surface area contributed by atoms with E-state index < -0.39 is 32.2 Å². The van der Waals surface area contributed by atoms with E-state index in [0.29, 0.717) is 4.57 Å². The van der Waals surface area contributed by atoms with Crippen molar-refractivity contribution in [1.82, 2.24) is 13.9 Å². The predicted molar refractivity (Wildman–Crippen MR) is 62.3 cm³/mol. The van der Waals surface area contributed by atoms with Crippen LogP contribution in [-0.4, -0.2) is 23.6 Å². The van der Waals surface area contributed by atoms with Crippen LogP contribution in [0.2, 0.25) is 0 Å². The number of hydrogen-bond donors (Lipinski definition) is 1. The molecule has 0 aliphatic carbocycles. The summed E-state index contributed by atoms with van der Waals surface area (Å²) in [4.78, 5) is 22.5. The average molecular weight is 272 g/mol. The number of nitrogens with one attached hydrogen (secondary N) is 1. The molecule has 1 unspecified atom stereocenters. The van der Waals surface area contributed by atoms with Gasteiger partial charge in [0.05, 0.1) is 6.07 Å². The van der Waals surface area contributed by atoms with Gasteiger partial charge in [0.15, 0.2) is 4.90 Å². The monoisotopic (exact) mass is 272 g/mol. The van der Waals surface area contributed by atoms with Crippen LogP contribution < -0.4 is 16.0 Å². The molecular weight excluding hydrogens is 260 g/mol. The minimum atomic E-state index is -4.13. The van der Waals surface area contributed by atoms with Gasteiger partial charge < -0.3 is 4.57 Å². The molecule has 1 aromatic rings. The second-order valence-electron chi connectivity index (χ2n) is 3.72. The lowest BCUT2D eigenvalue weighted by Gasteiger charge is -2.09. The molecule has 0 radical (unpaired) electrons. The molecule has 1 heterocycles. The van der Waals surface area contributed by atoms with Crippen LogP contribution in [0.1, 0.15) is 6.92 Å². The number of sulfonamides is 1. The van der Waals surface area contributed by atoms with Crippen molar-refractivity contribution in [3.05, 3.63) is 27.0 Å². The first-order valence-electron chi connectivity index (χ1n) is 4.89.